The predicted molar refractivity (Wildman–Crippen MR) is 101 cm³/mol. The number of hydrogen-bond donors (Lipinski definition) is 1. The zero-order chi connectivity index (χ0) is 18.1. The first-order chi connectivity index (χ1) is 12.6. The van der Waals surface area contributed by atoms with Gasteiger partial charge in [0.05, 0.1) is 11.9 Å². The molecule has 7 heteroatoms. The number of hydrogen-bond acceptors (Lipinski definition) is 5. The zero-order valence-corrected chi connectivity index (χ0v) is 15.7. The molecule has 1 atom stereocenters. The molecule has 0 saturated carbocycles. The Morgan fingerprint density at radius 1 is 1.27 bits per heavy atom. The lowest BCUT2D eigenvalue weighted by Gasteiger charge is -2.32. The maximum absolute atomic E-state index is 12.8. The van der Waals surface area contributed by atoms with Crippen LogP contribution in [0.25, 0.3) is 11.1 Å². The largest absolute Gasteiger partial charge is 0.337 e. The van der Waals surface area contributed by atoms with Crippen molar-refractivity contribution in [2.45, 2.75) is 32.6 Å². The van der Waals surface area contributed by atoms with Crippen LogP contribution in [0, 0.1) is 13.8 Å². The van der Waals surface area contributed by atoms with Gasteiger partial charge in [-0.05, 0) is 43.8 Å². The number of nitrogens with zero attached hydrogens (tertiary/aromatic N) is 4. The number of carbonyl (C=O) groups excluding carboxylic acids is 1. The van der Waals surface area contributed by atoms with Crippen LogP contribution in [-0.4, -0.2) is 43.7 Å². The first-order valence-electron chi connectivity index (χ1n) is 8.82. The summed E-state index contributed by atoms with van der Waals surface area (Å²) in [6.07, 6.45) is 3.91. The summed E-state index contributed by atoms with van der Waals surface area (Å²) in [4.78, 5) is 15.4. The summed E-state index contributed by atoms with van der Waals surface area (Å²) in [6.45, 7) is 5.39. The summed E-state index contributed by atoms with van der Waals surface area (Å²) in [5, 5.41) is 11.4. The molecule has 0 radical (unpaired) electrons. The Morgan fingerprint density at radius 3 is 2.81 bits per heavy atom. The van der Waals surface area contributed by atoms with Gasteiger partial charge < -0.3 is 4.90 Å². The number of aromatic amines is 1. The van der Waals surface area contributed by atoms with Crippen LogP contribution in [0.15, 0.2) is 30.5 Å². The van der Waals surface area contributed by atoms with Crippen molar-refractivity contribution in [2.24, 2.45) is 0 Å². The maximum Gasteiger partial charge on any atom is 0.267 e. The van der Waals surface area contributed by atoms with Crippen molar-refractivity contribution in [2.75, 3.05) is 13.1 Å². The van der Waals surface area contributed by atoms with Crippen LogP contribution in [0.3, 0.4) is 0 Å². The highest BCUT2D eigenvalue weighted by Crippen LogP contribution is 2.33. The van der Waals surface area contributed by atoms with E-state index in [0.29, 0.717) is 17.1 Å². The second-order valence-corrected chi connectivity index (χ2v) is 7.60. The van der Waals surface area contributed by atoms with Gasteiger partial charge in [0.1, 0.15) is 4.88 Å². The number of aryl methyl sites for hydroxylation is 2. The standard InChI is InChI=1S/C19H21N5OS/c1-12-5-7-14(8-6-12)16-10-20-22-17(16)15-4-3-9-24(11-15)19(25)18-13(2)21-23-26-18/h5-8,10,15H,3-4,9,11H2,1-2H3,(H,20,22). The van der Waals surface area contributed by atoms with Gasteiger partial charge in [0.15, 0.2) is 0 Å². The highest BCUT2D eigenvalue weighted by atomic mass is 32.1. The fourth-order valence-electron chi connectivity index (χ4n) is 3.54. The van der Waals surface area contributed by atoms with E-state index in [-0.39, 0.29) is 11.8 Å². The van der Waals surface area contributed by atoms with Crippen molar-refractivity contribution >= 4 is 17.4 Å². The minimum Gasteiger partial charge on any atom is -0.337 e. The van der Waals surface area contributed by atoms with Crippen LogP contribution in [0.4, 0.5) is 0 Å². The van der Waals surface area contributed by atoms with Crippen molar-refractivity contribution < 1.29 is 4.79 Å². The van der Waals surface area contributed by atoms with Crippen LogP contribution in [0.5, 0.6) is 0 Å². The molecule has 0 bridgehead atoms. The van der Waals surface area contributed by atoms with Gasteiger partial charge in [0.2, 0.25) is 0 Å². The van der Waals surface area contributed by atoms with Gasteiger partial charge in [-0.3, -0.25) is 9.89 Å². The molecule has 0 spiro atoms. The second kappa shape index (κ2) is 6.99. The normalized spacial score (nSPS) is 17.5. The molecule has 3 heterocycles. The second-order valence-electron chi connectivity index (χ2n) is 6.84. The van der Waals surface area contributed by atoms with E-state index in [1.165, 1.54) is 17.1 Å². The summed E-state index contributed by atoms with van der Waals surface area (Å²) in [5.41, 5.74) is 5.35. The molecule has 26 heavy (non-hydrogen) atoms. The summed E-state index contributed by atoms with van der Waals surface area (Å²) >= 11 is 1.18. The number of piperidine rings is 1. The molecule has 1 saturated heterocycles. The number of H-pyrrole nitrogens is 1. The summed E-state index contributed by atoms with van der Waals surface area (Å²) < 4.78 is 3.90. The number of likely N-dealkylation sites (tertiary alicyclic amines) is 1. The van der Waals surface area contributed by atoms with E-state index in [2.05, 4.69) is 51.0 Å². The molecule has 1 aliphatic heterocycles. The van der Waals surface area contributed by atoms with E-state index in [0.717, 1.165) is 36.2 Å². The number of rotatable bonds is 3. The van der Waals surface area contributed by atoms with Crippen LogP contribution in [-0.2, 0) is 0 Å². The fraction of sp³-hybridized carbons (Fsp3) is 0.368. The maximum atomic E-state index is 12.8. The molecule has 1 fully saturated rings. The van der Waals surface area contributed by atoms with Crippen molar-refractivity contribution in [1.29, 1.82) is 0 Å². The first kappa shape index (κ1) is 16.9. The Labute approximate surface area is 156 Å². The quantitative estimate of drug-likeness (QED) is 0.768. The number of benzene rings is 1. The van der Waals surface area contributed by atoms with Gasteiger partial charge in [0.25, 0.3) is 5.91 Å². The lowest BCUT2D eigenvalue weighted by Crippen LogP contribution is -2.39. The molecule has 134 valence electrons. The van der Waals surface area contributed by atoms with E-state index in [1.54, 1.807) is 0 Å². The molecular weight excluding hydrogens is 346 g/mol. The highest BCUT2D eigenvalue weighted by molar-refractivity contribution is 7.07. The van der Waals surface area contributed by atoms with E-state index in [1.807, 2.05) is 18.0 Å². The first-order valence-corrected chi connectivity index (χ1v) is 9.59. The summed E-state index contributed by atoms with van der Waals surface area (Å²) in [7, 11) is 0. The van der Waals surface area contributed by atoms with Gasteiger partial charge in [-0.2, -0.15) is 5.10 Å². The van der Waals surface area contributed by atoms with E-state index in [4.69, 9.17) is 0 Å². The summed E-state index contributed by atoms with van der Waals surface area (Å²) in [6, 6.07) is 8.48. The van der Waals surface area contributed by atoms with Crippen LogP contribution >= 0.6 is 11.5 Å². The minimum absolute atomic E-state index is 0.0404. The molecule has 1 aromatic carbocycles. The molecule has 1 N–H and O–H groups in total. The third kappa shape index (κ3) is 3.14. The molecule has 6 nitrogen and oxygen atoms in total. The van der Waals surface area contributed by atoms with Crippen molar-refractivity contribution in [1.82, 2.24) is 24.7 Å². The lowest BCUT2D eigenvalue weighted by atomic mass is 9.90. The molecule has 0 aliphatic carbocycles. The Hall–Kier alpha value is -2.54. The van der Waals surface area contributed by atoms with Gasteiger partial charge in [-0.1, -0.05) is 34.3 Å². The van der Waals surface area contributed by atoms with Crippen molar-refractivity contribution in [3.05, 3.63) is 52.3 Å². The highest BCUT2D eigenvalue weighted by Gasteiger charge is 2.29. The van der Waals surface area contributed by atoms with E-state index >= 15 is 0 Å². The molecular formula is C19H21N5OS. The molecule has 1 aliphatic rings. The Balaban J connectivity index is 1.57. The van der Waals surface area contributed by atoms with Gasteiger partial charge >= 0.3 is 0 Å². The summed E-state index contributed by atoms with van der Waals surface area (Å²) in [5.74, 6) is 0.297. The van der Waals surface area contributed by atoms with E-state index in [9.17, 15) is 4.79 Å². The number of carbonyl (C=O) groups is 1. The lowest BCUT2D eigenvalue weighted by molar-refractivity contribution is 0.0710. The minimum atomic E-state index is 0.0404. The Bertz CT molecular complexity index is 914. The topological polar surface area (TPSA) is 74.8 Å². The van der Waals surface area contributed by atoms with Gasteiger partial charge in [-0.15, -0.1) is 5.10 Å². The average Bonchev–Trinajstić information content (AvgIpc) is 3.31. The molecule has 2 aromatic heterocycles. The van der Waals surface area contributed by atoms with Crippen LogP contribution in [0.1, 0.15) is 45.4 Å². The third-order valence-corrected chi connectivity index (χ3v) is 5.81. The van der Waals surface area contributed by atoms with Gasteiger partial charge in [0, 0.05) is 30.3 Å². The zero-order valence-electron chi connectivity index (χ0n) is 14.9. The van der Waals surface area contributed by atoms with E-state index < -0.39 is 0 Å². The Kier molecular flexibility index (Phi) is 4.55. The van der Waals surface area contributed by atoms with Crippen LogP contribution < -0.4 is 0 Å². The van der Waals surface area contributed by atoms with Gasteiger partial charge in [-0.25, -0.2) is 0 Å². The predicted octanol–water partition coefficient (Wildman–Crippen LogP) is 3.56. The van der Waals surface area contributed by atoms with Crippen molar-refractivity contribution in [3.63, 3.8) is 0 Å². The SMILES string of the molecule is Cc1ccc(-c2cn[nH]c2C2CCCN(C(=O)c3snnc3C)C2)cc1. The molecule has 1 amide bonds. The molecule has 1 unspecified atom stereocenters. The van der Waals surface area contributed by atoms with Crippen molar-refractivity contribution in [3.8, 4) is 11.1 Å². The molecule has 4 rings (SSSR count). The third-order valence-electron chi connectivity index (χ3n) is 4.99. The average molecular weight is 367 g/mol. The smallest absolute Gasteiger partial charge is 0.267 e. The molecule has 3 aromatic rings. The number of nitrogens with one attached hydrogen (secondary N) is 1. The Morgan fingerprint density at radius 2 is 2.08 bits per heavy atom. The number of amides is 1. The fourth-order valence-corrected chi connectivity index (χ4v) is 4.16. The number of aromatic nitrogens is 4. The monoisotopic (exact) mass is 367 g/mol. The van der Waals surface area contributed by atoms with Crippen LogP contribution in [0.2, 0.25) is 0 Å².